The lowest BCUT2D eigenvalue weighted by Gasteiger charge is -2.05. The number of nitrogens with zero attached hydrogens (tertiary/aromatic N) is 2. The first-order valence-electron chi connectivity index (χ1n) is 7.36. The summed E-state index contributed by atoms with van der Waals surface area (Å²) in [6.45, 7) is 0. The summed E-state index contributed by atoms with van der Waals surface area (Å²) in [7, 11) is -3.73. The van der Waals surface area contributed by atoms with Crippen LogP contribution in [0, 0.1) is 0 Å². The first kappa shape index (κ1) is 16.8. The fourth-order valence-electron chi connectivity index (χ4n) is 2.25. The Morgan fingerprint density at radius 3 is 2.04 bits per heavy atom. The van der Waals surface area contributed by atoms with Gasteiger partial charge in [-0.25, -0.2) is 13.6 Å². The summed E-state index contributed by atoms with van der Waals surface area (Å²) in [6.07, 6.45) is 0. The minimum absolute atomic E-state index is 0.0162. The summed E-state index contributed by atoms with van der Waals surface area (Å²) in [5, 5.41) is 23.3. The van der Waals surface area contributed by atoms with E-state index in [4.69, 9.17) is 5.14 Å². The Kier molecular flexibility index (Phi) is 4.60. The van der Waals surface area contributed by atoms with Crippen molar-refractivity contribution in [2.24, 2.45) is 15.4 Å². The zero-order valence-electron chi connectivity index (χ0n) is 13.1. The summed E-state index contributed by atoms with van der Waals surface area (Å²) in [5.74, 6) is 0.155. The van der Waals surface area contributed by atoms with Crippen LogP contribution in [-0.4, -0.2) is 13.5 Å². The molecule has 0 radical (unpaired) electrons. The fraction of sp³-hybridized carbons (Fsp3) is 0. The standard InChI is InChI=1S/C18H15N3O3S/c19-25(23,24)16-9-6-14(7-10-16)20-21-15-8-11-18(22)17(12-15)13-4-2-1-3-5-13/h1-12,22H,(H2,19,23,24). The first-order valence-corrected chi connectivity index (χ1v) is 8.91. The van der Waals surface area contributed by atoms with Gasteiger partial charge in [-0.15, -0.1) is 0 Å². The lowest BCUT2D eigenvalue weighted by Crippen LogP contribution is -2.11. The fourth-order valence-corrected chi connectivity index (χ4v) is 2.77. The second kappa shape index (κ2) is 6.84. The van der Waals surface area contributed by atoms with Crippen molar-refractivity contribution in [2.45, 2.75) is 4.90 Å². The molecule has 0 aliphatic carbocycles. The molecule has 3 aromatic carbocycles. The Morgan fingerprint density at radius 2 is 1.40 bits per heavy atom. The van der Waals surface area contributed by atoms with Crippen molar-refractivity contribution < 1.29 is 13.5 Å². The van der Waals surface area contributed by atoms with Crippen molar-refractivity contribution in [3.05, 3.63) is 72.8 Å². The van der Waals surface area contributed by atoms with Gasteiger partial charge in [0.15, 0.2) is 0 Å². The summed E-state index contributed by atoms with van der Waals surface area (Å²) < 4.78 is 22.5. The van der Waals surface area contributed by atoms with Gasteiger partial charge in [0, 0.05) is 5.56 Å². The van der Waals surface area contributed by atoms with E-state index < -0.39 is 10.0 Å². The lowest BCUT2D eigenvalue weighted by molar-refractivity contribution is 0.477. The van der Waals surface area contributed by atoms with Crippen LogP contribution in [0.1, 0.15) is 0 Å². The largest absolute Gasteiger partial charge is 0.507 e. The molecule has 3 N–H and O–H groups in total. The van der Waals surface area contributed by atoms with Crippen LogP contribution < -0.4 is 5.14 Å². The predicted molar refractivity (Wildman–Crippen MR) is 95.5 cm³/mol. The maximum Gasteiger partial charge on any atom is 0.238 e. The third kappa shape index (κ3) is 4.09. The Bertz CT molecular complexity index is 1020. The molecule has 0 aromatic heterocycles. The van der Waals surface area contributed by atoms with Crippen molar-refractivity contribution in [3.63, 3.8) is 0 Å². The van der Waals surface area contributed by atoms with Gasteiger partial charge >= 0.3 is 0 Å². The summed E-state index contributed by atoms with van der Waals surface area (Å²) in [5.41, 5.74) is 2.57. The van der Waals surface area contributed by atoms with Gasteiger partial charge in [-0.1, -0.05) is 30.3 Å². The van der Waals surface area contributed by atoms with E-state index >= 15 is 0 Å². The molecule has 126 valence electrons. The molecule has 0 saturated heterocycles. The molecule has 25 heavy (non-hydrogen) atoms. The normalized spacial score (nSPS) is 11.7. The molecule has 7 heteroatoms. The average Bonchev–Trinajstić information content (AvgIpc) is 2.61. The van der Waals surface area contributed by atoms with E-state index in [2.05, 4.69) is 10.2 Å². The highest BCUT2D eigenvalue weighted by Gasteiger charge is 2.07. The van der Waals surface area contributed by atoms with E-state index in [0.29, 0.717) is 16.9 Å². The SMILES string of the molecule is NS(=O)(=O)c1ccc(N=Nc2ccc(O)c(-c3ccccc3)c2)cc1. The average molecular weight is 353 g/mol. The van der Waals surface area contributed by atoms with E-state index in [1.807, 2.05) is 30.3 Å². The van der Waals surface area contributed by atoms with Gasteiger partial charge < -0.3 is 5.11 Å². The van der Waals surface area contributed by atoms with Crippen LogP contribution in [0.5, 0.6) is 5.75 Å². The van der Waals surface area contributed by atoms with Gasteiger partial charge in [0.05, 0.1) is 16.3 Å². The van der Waals surface area contributed by atoms with Gasteiger partial charge in [-0.05, 0) is 48.0 Å². The maximum atomic E-state index is 11.2. The van der Waals surface area contributed by atoms with Crippen LogP contribution in [0.15, 0.2) is 87.9 Å². The number of nitrogens with two attached hydrogens (primary N) is 1. The molecule has 0 aliphatic heterocycles. The van der Waals surface area contributed by atoms with Crippen LogP contribution in [0.25, 0.3) is 11.1 Å². The smallest absolute Gasteiger partial charge is 0.238 e. The van der Waals surface area contributed by atoms with E-state index in [-0.39, 0.29) is 10.6 Å². The predicted octanol–water partition coefficient (Wildman–Crippen LogP) is 4.12. The topological polar surface area (TPSA) is 105 Å². The zero-order valence-corrected chi connectivity index (χ0v) is 13.9. The Balaban J connectivity index is 1.87. The highest BCUT2D eigenvalue weighted by atomic mass is 32.2. The monoisotopic (exact) mass is 353 g/mol. The molecule has 3 rings (SSSR count). The van der Waals surface area contributed by atoms with Crippen molar-refractivity contribution in [2.75, 3.05) is 0 Å². The Hall–Kier alpha value is -3.03. The van der Waals surface area contributed by atoms with Gasteiger partial charge in [-0.3, -0.25) is 0 Å². The van der Waals surface area contributed by atoms with Gasteiger partial charge in [-0.2, -0.15) is 10.2 Å². The molecule has 0 bridgehead atoms. The van der Waals surface area contributed by atoms with E-state index in [0.717, 1.165) is 5.56 Å². The number of primary sulfonamides is 1. The molecule has 0 saturated carbocycles. The van der Waals surface area contributed by atoms with Crippen molar-refractivity contribution in [3.8, 4) is 16.9 Å². The van der Waals surface area contributed by atoms with E-state index in [1.165, 1.54) is 24.3 Å². The molecule has 0 unspecified atom stereocenters. The van der Waals surface area contributed by atoms with E-state index in [1.54, 1.807) is 18.2 Å². The first-order chi connectivity index (χ1) is 11.9. The van der Waals surface area contributed by atoms with Crippen LogP contribution in [-0.2, 0) is 10.0 Å². The van der Waals surface area contributed by atoms with Crippen molar-refractivity contribution in [1.82, 2.24) is 0 Å². The van der Waals surface area contributed by atoms with Gasteiger partial charge in [0.1, 0.15) is 5.75 Å². The molecular weight excluding hydrogens is 338 g/mol. The molecule has 3 aromatic rings. The highest BCUT2D eigenvalue weighted by molar-refractivity contribution is 7.89. The molecule has 6 nitrogen and oxygen atoms in total. The number of benzene rings is 3. The lowest BCUT2D eigenvalue weighted by atomic mass is 10.0. The number of rotatable bonds is 4. The number of sulfonamides is 1. The maximum absolute atomic E-state index is 11.2. The van der Waals surface area contributed by atoms with Crippen LogP contribution >= 0.6 is 0 Å². The molecule has 0 spiro atoms. The van der Waals surface area contributed by atoms with Crippen molar-refractivity contribution >= 4 is 21.4 Å². The molecule has 0 heterocycles. The van der Waals surface area contributed by atoms with Gasteiger partial charge in [0.2, 0.25) is 10.0 Å². The summed E-state index contributed by atoms with van der Waals surface area (Å²) >= 11 is 0. The Morgan fingerprint density at radius 1 is 0.800 bits per heavy atom. The Labute approximate surface area is 145 Å². The quantitative estimate of drug-likeness (QED) is 0.689. The van der Waals surface area contributed by atoms with Crippen molar-refractivity contribution in [1.29, 1.82) is 0 Å². The number of azo groups is 1. The third-order valence-corrected chi connectivity index (χ3v) is 4.44. The second-order valence-electron chi connectivity index (χ2n) is 5.31. The molecule has 0 amide bonds. The van der Waals surface area contributed by atoms with Crippen LogP contribution in [0.4, 0.5) is 11.4 Å². The second-order valence-corrected chi connectivity index (χ2v) is 6.87. The number of hydrogen-bond acceptors (Lipinski definition) is 5. The zero-order chi connectivity index (χ0) is 17.9. The number of phenolic OH excluding ortho intramolecular Hbond substituents is 1. The number of aromatic hydroxyl groups is 1. The van der Waals surface area contributed by atoms with E-state index in [9.17, 15) is 13.5 Å². The number of phenols is 1. The minimum atomic E-state index is -3.73. The third-order valence-electron chi connectivity index (χ3n) is 3.51. The van der Waals surface area contributed by atoms with Crippen LogP contribution in [0.2, 0.25) is 0 Å². The highest BCUT2D eigenvalue weighted by Crippen LogP contribution is 2.33. The molecule has 0 fully saturated rings. The minimum Gasteiger partial charge on any atom is -0.507 e. The van der Waals surface area contributed by atoms with Crippen LogP contribution in [0.3, 0.4) is 0 Å². The summed E-state index contributed by atoms with van der Waals surface area (Å²) in [6, 6.07) is 20.2. The molecule has 0 atom stereocenters. The molecule has 0 aliphatic rings. The molecular formula is C18H15N3O3S. The van der Waals surface area contributed by atoms with Gasteiger partial charge in [0.25, 0.3) is 0 Å². The summed E-state index contributed by atoms with van der Waals surface area (Å²) in [4.78, 5) is 0.0162. The number of hydrogen-bond donors (Lipinski definition) is 2.